The van der Waals surface area contributed by atoms with E-state index >= 15 is 0 Å². The van der Waals surface area contributed by atoms with E-state index in [-0.39, 0.29) is 52.8 Å². The third kappa shape index (κ3) is 17.2. The average Bonchev–Trinajstić information content (AvgIpc) is 3.29. The molecule has 0 saturated heterocycles. The predicted octanol–water partition coefficient (Wildman–Crippen LogP) is 8.71. The SMILES string of the molecule is [C-]#[O+].[C-]#[O+].[C-]#[O+].[C-]#[O+].[Mo+4].c1ccc(P(CCP(CCP(c2ccccc2)c2ccccc2)c2ccccc2)CCP(c2ccccc2)c2ccccc2)cc1. The maximum atomic E-state index is 7.50. The van der Waals surface area contributed by atoms with Gasteiger partial charge in [-0.05, 0) is 84.6 Å². The standard InChI is InChI=1S/C42H42P4.4CO.Mo/c1-7-19-37(20-8-1)43(33-35-45(39-23-11-3-12-24-39)40-25-13-4-14-26-40)31-32-44(38-21-9-2-10-22-38)34-36-46(41-27-15-5-16-28-41)42-29-17-6-18-30-42;4*1-2;/h1-30H,31-36H2;;;;;/q;;;;;+4. The maximum Gasteiger partial charge on any atom is 4.00 e. The minimum Gasteiger partial charge on any atom is -0.0746 e. The van der Waals surface area contributed by atoms with Crippen LogP contribution in [0.4, 0.5) is 0 Å². The molecule has 9 heteroatoms. The van der Waals surface area contributed by atoms with Gasteiger partial charge in [0, 0.05) is 0 Å². The van der Waals surface area contributed by atoms with Crippen LogP contribution in [0.25, 0.3) is 0 Å². The molecule has 0 amide bonds. The van der Waals surface area contributed by atoms with Crippen molar-refractivity contribution in [3.63, 3.8) is 0 Å². The molecule has 272 valence electrons. The first-order valence-electron chi connectivity index (χ1n) is 17.0. The van der Waals surface area contributed by atoms with Gasteiger partial charge in [0.1, 0.15) is 0 Å². The Kier molecular flexibility index (Phi) is 28.8. The molecule has 0 aromatic heterocycles. The van der Waals surface area contributed by atoms with Gasteiger partial charge in [0.2, 0.25) is 0 Å². The topological polar surface area (TPSA) is 79.6 Å². The fraction of sp³-hybridized carbons (Fsp3) is 0.130. The number of rotatable bonds is 15. The summed E-state index contributed by atoms with van der Waals surface area (Å²) in [7, 11) is -1.31. The molecule has 0 bridgehead atoms. The first-order chi connectivity index (χ1) is 26.8. The Morgan fingerprint density at radius 2 is 0.418 bits per heavy atom. The Balaban J connectivity index is 0.00000158. The van der Waals surface area contributed by atoms with Gasteiger partial charge in [-0.25, -0.2) is 0 Å². The molecule has 4 nitrogen and oxygen atoms in total. The van der Waals surface area contributed by atoms with Gasteiger partial charge in [0.05, 0.1) is 0 Å². The van der Waals surface area contributed by atoms with Gasteiger partial charge in [0.15, 0.2) is 0 Å². The molecular weight excluding hydrogens is 836 g/mol. The van der Waals surface area contributed by atoms with Gasteiger partial charge in [-0.2, -0.15) is 0 Å². The molecule has 0 aliphatic heterocycles. The second kappa shape index (κ2) is 31.8. The monoisotopic (exact) mass is 880 g/mol. The van der Waals surface area contributed by atoms with Crippen LogP contribution in [0.5, 0.6) is 0 Å². The van der Waals surface area contributed by atoms with Crippen molar-refractivity contribution in [3.05, 3.63) is 209 Å². The Morgan fingerprint density at radius 3 is 0.618 bits per heavy atom. The zero-order chi connectivity index (χ0) is 39.2. The van der Waals surface area contributed by atoms with E-state index in [0.717, 1.165) is 0 Å². The summed E-state index contributed by atoms with van der Waals surface area (Å²) in [6, 6.07) is 67.9. The molecule has 0 radical (unpaired) electrons. The Hall–Kier alpha value is -3.31. The van der Waals surface area contributed by atoms with Crippen molar-refractivity contribution in [2.45, 2.75) is 0 Å². The summed E-state index contributed by atoms with van der Waals surface area (Å²) in [6.45, 7) is 18.0. The fourth-order valence-corrected chi connectivity index (χ4v) is 17.8. The Labute approximate surface area is 346 Å². The van der Waals surface area contributed by atoms with Crippen molar-refractivity contribution >= 4 is 63.5 Å². The quantitative estimate of drug-likeness (QED) is 0.0429. The molecule has 0 saturated carbocycles. The first-order valence-corrected chi connectivity index (χ1v) is 23.5. The summed E-state index contributed by atoms with van der Waals surface area (Å²) < 4.78 is 30.0. The van der Waals surface area contributed by atoms with Gasteiger partial charge in [-0.1, -0.05) is 198 Å². The van der Waals surface area contributed by atoms with E-state index in [1.807, 2.05) is 0 Å². The van der Waals surface area contributed by atoms with E-state index in [0.29, 0.717) is 0 Å². The normalized spacial score (nSPS) is 10.7. The molecule has 0 N–H and O–H groups in total. The van der Waals surface area contributed by atoms with E-state index in [1.165, 1.54) is 58.2 Å². The third-order valence-electron chi connectivity index (χ3n) is 8.34. The zero-order valence-electron chi connectivity index (χ0n) is 30.4. The van der Waals surface area contributed by atoms with E-state index in [1.54, 1.807) is 10.6 Å². The average molecular weight is 879 g/mol. The van der Waals surface area contributed by atoms with Crippen molar-refractivity contribution in [1.29, 1.82) is 0 Å². The number of benzene rings is 6. The van der Waals surface area contributed by atoms with Crippen molar-refractivity contribution in [2.24, 2.45) is 0 Å². The molecular formula is C46H42MoO4P4+4. The summed E-state index contributed by atoms with van der Waals surface area (Å²) >= 11 is 0. The van der Waals surface area contributed by atoms with Crippen LogP contribution >= 0.6 is 31.7 Å². The van der Waals surface area contributed by atoms with Crippen LogP contribution < -0.4 is 31.8 Å². The molecule has 6 rings (SSSR count). The summed E-state index contributed by atoms with van der Waals surface area (Å²) in [5, 5.41) is 9.10. The van der Waals surface area contributed by atoms with E-state index in [2.05, 4.69) is 209 Å². The van der Waals surface area contributed by atoms with Crippen molar-refractivity contribution in [2.75, 3.05) is 37.0 Å². The van der Waals surface area contributed by atoms with Crippen molar-refractivity contribution < 1.29 is 39.7 Å². The second-order valence-corrected chi connectivity index (χ2v) is 20.9. The van der Waals surface area contributed by atoms with E-state index < -0.39 is 0 Å². The van der Waals surface area contributed by atoms with Gasteiger partial charge in [-0.3, -0.25) is 0 Å². The smallest absolute Gasteiger partial charge is 0.0746 e. The van der Waals surface area contributed by atoms with Crippen LogP contribution in [0.15, 0.2) is 182 Å². The molecule has 0 fully saturated rings. The van der Waals surface area contributed by atoms with Crippen LogP contribution in [0.1, 0.15) is 0 Å². The van der Waals surface area contributed by atoms with Crippen molar-refractivity contribution in [3.8, 4) is 0 Å². The van der Waals surface area contributed by atoms with Crippen LogP contribution in [0.2, 0.25) is 0 Å². The van der Waals surface area contributed by atoms with Crippen LogP contribution in [-0.2, 0) is 39.7 Å². The van der Waals surface area contributed by atoms with Gasteiger partial charge in [0.25, 0.3) is 0 Å². The van der Waals surface area contributed by atoms with Crippen molar-refractivity contribution in [1.82, 2.24) is 0 Å². The molecule has 0 spiro atoms. The minimum absolute atomic E-state index is 0. The molecule has 6 aromatic rings. The van der Waals surface area contributed by atoms with Gasteiger partial charge in [-0.15, -0.1) is 0 Å². The number of hydrogen-bond donors (Lipinski definition) is 0. The second-order valence-electron chi connectivity index (χ2n) is 11.3. The molecule has 0 aliphatic carbocycles. The molecule has 0 heterocycles. The van der Waals surface area contributed by atoms with Gasteiger partial charge < -0.3 is 0 Å². The van der Waals surface area contributed by atoms with Crippen LogP contribution in [-0.4, -0.2) is 37.0 Å². The summed E-state index contributed by atoms with van der Waals surface area (Å²) in [4.78, 5) is 0. The largest absolute Gasteiger partial charge is 4.00 e. The summed E-state index contributed by atoms with van der Waals surface area (Å²) in [6.07, 6.45) is 7.60. The molecule has 55 heavy (non-hydrogen) atoms. The van der Waals surface area contributed by atoms with Crippen LogP contribution in [0.3, 0.4) is 0 Å². The number of hydrogen-bond acceptors (Lipinski definition) is 0. The van der Waals surface area contributed by atoms with Gasteiger partial charge >= 0.3 is 66.3 Å². The molecule has 2 atom stereocenters. The zero-order valence-corrected chi connectivity index (χ0v) is 36.0. The van der Waals surface area contributed by atoms with E-state index in [4.69, 9.17) is 18.6 Å². The fourth-order valence-electron chi connectivity index (χ4n) is 5.95. The summed E-state index contributed by atoms with van der Waals surface area (Å²) in [5.41, 5.74) is 0. The Morgan fingerprint density at radius 1 is 0.255 bits per heavy atom. The summed E-state index contributed by atoms with van der Waals surface area (Å²) in [5.74, 6) is 0. The third-order valence-corrected chi connectivity index (χ3v) is 19.5. The molecule has 2 unspecified atom stereocenters. The van der Waals surface area contributed by atoms with E-state index in [9.17, 15) is 0 Å². The molecule has 6 aromatic carbocycles. The maximum absolute atomic E-state index is 7.50. The predicted molar refractivity (Wildman–Crippen MR) is 229 cm³/mol. The Bertz CT molecular complexity index is 1660. The molecule has 0 aliphatic rings. The first kappa shape index (κ1) is 49.7. The minimum atomic E-state index is -0.386. The van der Waals surface area contributed by atoms with Crippen LogP contribution in [0, 0.1) is 26.6 Å².